The molecule has 7 heteroatoms. The van der Waals surface area contributed by atoms with Crippen molar-refractivity contribution in [1.29, 1.82) is 0 Å². The van der Waals surface area contributed by atoms with E-state index < -0.39 is 0 Å². The number of carbonyl (C=O) groups is 1. The van der Waals surface area contributed by atoms with Gasteiger partial charge < -0.3 is 5.32 Å². The van der Waals surface area contributed by atoms with Gasteiger partial charge in [-0.25, -0.2) is 0 Å². The molecule has 1 aliphatic rings. The Balaban J connectivity index is 1.61. The summed E-state index contributed by atoms with van der Waals surface area (Å²) in [5.74, 6) is 0.527. The molecule has 0 radical (unpaired) electrons. The number of amides is 1. The van der Waals surface area contributed by atoms with Crippen LogP contribution in [0.5, 0.6) is 0 Å². The molecule has 0 aromatic carbocycles. The largest absolute Gasteiger partial charge is 0.309 e. The van der Waals surface area contributed by atoms with Crippen LogP contribution in [0.15, 0.2) is 18.5 Å². The Morgan fingerprint density at radius 3 is 2.95 bits per heavy atom. The molecule has 3 rings (SSSR count). The molecule has 2 aromatic heterocycles. The van der Waals surface area contributed by atoms with Crippen LogP contribution in [0, 0.1) is 6.92 Å². The molecule has 1 N–H and O–H groups in total. The third-order valence-corrected chi connectivity index (χ3v) is 4.04. The number of hydrogen-bond donors (Lipinski definition) is 1. The van der Waals surface area contributed by atoms with E-state index in [9.17, 15) is 4.79 Å². The highest BCUT2D eigenvalue weighted by Crippen LogP contribution is 2.24. The molecule has 1 aliphatic heterocycles. The lowest BCUT2D eigenvalue weighted by Crippen LogP contribution is -2.21. The van der Waals surface area contributed by atoms with Crippen LogP contribution in [0.2, 0.25) is 0 Å². The summed E-state index contributed by atoms with van der Waals surface area (Å²) in [6.07, 6.45) is 5.10. The minimum absolute atomic E-state index is 0.0923. The van der Waals surface area contributed by atoms with E-state index in [-0.39, 0.29) is 5.91 Å². The first-order valence-electron chi connectivity index (χ1n) is 7.55. The van der Waals surface area contributed by atoms with E-state index in [0.29, 0.717) is 11.9 Å². The van der Waals surface area contributed by atoms with Crippen LogP contribution in [-0.2, 0) is 18.4 Å². The quantitative estimate of drug-likeness (QED) is 0.925. The van der Waals surface area contributed by atoms with Crippen LogP contribution in [0.1, 0.15) is 30.6 Å². The fraction of sp³-hybridized carbons (Fsp3) is 0.533. The topological polar surface area (TPSA) is 68.0 Å². The smallest absolute Gasteiger partial charge is 0.222 e. The maximum atomic E-state index is 11.1. The molecular formula is C15H22N6O. The van der Waals surface area contributed by atoms with E-state index in [4.69, 9.17) is 0 Å². The zero-order chi connectivity index (χ0) is 15.7. The lowest BCUT2D eigenvalue weighted by atomic mass is 10.2. The summed E-state index contributed by atoms with van der Waals surface area (Å²) in [7, 11) is 1.95. The third-order valence-electron chi connectivity index (χ3n) is 4.04. The molecule has 1 saturated heterocycles. The van der Waals surface area contributed by atoms with Crippen LogP contribution in [0.25, 0.3) is 0 Å². The Hall–Kier alpha value is -2.15. The van der Waals surface area contributed by atoms with Crippen LogP contribution in [0.4, 0.5) is 5.82 Å². The minimum atomic E-state index is -0.0923. The lowest BCUT2D eigenvalue weighted by molar-refractivity contribution is -0.114. The van der Waals surface area contributed by atoms with Gasteiger partial charge in [-0.1, -0.05) is 0 Å². The highest BCUT2D eigenvalue weighted by atomic mass is 16.1. The Labute approximate surface area is 129 Å². The molecule has 22 heavy (non-hydrogen) atoms. The van der Waals surface area contributed by atoms with Gasteiger partial charge in [0.25, 0.3) is 0 Å². The van der Waals surface area contributed by atoms with Gasteiger partial charge in [0, 0.05) is 57.6 Å². The number of aromatic nitrogens is 4. The second kappa shape index (κ2) is 5.92. The van der Waals surface area contributed by atoms with E-state index in [0.717, 1.165) is 31.7 Å². The Bertz CT molecular complexity index is 673. The molecular weight excluding hydrogens is 280 g/mol. The summed E-state index contributed by atoms with van der Waals surface area (Å²) in [6, 6.07) is 2.20. The Kier molecular flexibility index (Phi) is 3.98. The van der Waals surface area contributed by atoms with Crippen molar-refractivity contribution in [2.24, 2.45) is 7.05 Å². The van der Waals surface area contributed by atoms with Crippen molar-refractivity contribution < 1.29 is 4.79 Å². The minimum Gasteiger partial charge on any atom is -0.309 e. The number of nitrogens with one attached hydrogen (secondary N) is 1. The molecule has 0 bridgehead atoms. The van der Waals surface area contributed by atoms with Crippen molar-refractivity contribution in [1.82, 2.24) is 24.5 Å². The second-order valence-corrected chi connectivity index (χ2v) is 5.95. The molecule has 2 aromatic rings. The number of nitrogens with zero attached hydrogens (tertiary/aromatic N) is 5. The molecule has 0 unspecified atom stereocenters. The summed E-state index contributed by atoms with van der Waals surface area (Å²) in [4.78, 5) is 13.5. The van der Waals surface area contributed by atoms with Crippen molar-refractivity contribution >= 4 is 11.7 Å². The maximum Gasteiger partial charge on any atom is 0.222 e. The first-order valence-corrected chi connectivity index (χ1v) is 7.55. The van der Waals surface area contributed by atoms with Crippen molar-refractivity contribution in [2.45, 2.75) is 32.9 Å². The zero-order valence-electron chi connectivity index (χ0n) is 13.3. The van der Waals surface area contributed by atoms with Gasteiger partial charge in [-0.2, -0.15) is 10.2 Å². The Morgan fingerprint density at radius 1 is 1.45 bits per heavy atom. The molecule has 3 heterocycles. The highest BCUT2D eigenvalue weighted by Gasteiger charge is 2.25. The number of likely N-dealkylation sites (tertiary alicyclic amines) is 1. The van der Waals surface area contributed by atoms with E-state index in [1.807, 2.05) is 28.7 Å². The highest BCUT2D eigenvalue weighted by molar-refractivity contribution is 5.87. The van der Waals surface area contributed by atoms with Crippen molar-refractivity contribution in [2.75, 3.05) is 18.4 Å². The van der Waals surface area contributed by atoms with Crippen LogP contribution < -0.4 is 5.32 Å². The SMILES string of the molecule is CC(=O)Nc1ccn([C@H]2CCN(Cc3cn(C)nc3C)C2)n1. The number of aryl methyl sites for hydroxylation is 2. The van der Waals surface area contributed by atoms with Crippen LogP contribution in [-0.4, -0.2) is 43.5 Å². The van der Waals surface area contributed by atoms with Gasteiger partial charge in [0.2, 0.25) is 5.91 Å². The fourth-order valence-electron chi connectivity index (χ4n) is 3.00. The summed E-state index contributed by atoms with van der Waals surface area (Å²) < 4.78 is 3.83. The predicted octanol–water partition coefficient (Wildman–Crippen LogP) is 1.33. The van der Waals surface area contributed by atoms with Crippen LogP contribution in [0.3, 0.4) is 0 Å². The molecule has 1 amide bonds. The summed E-state index contributed by atoms with van der Waals surface area (Å²) in [5.41, 5.74) is 2.38. The average Bonchev–Trinajstić information content (AvgIpc) is 3.11. The van der Waals surface area contributed by atoms with E-state index in [1.165, 1.54) is 12.5 Å². The van der Waals surface area contributed by atoms with E-state index in [1.54, 1.807) is 0 Å². The molecule has 0 spiro atoms. The normalized spacial score (nSPS) is 18.8. The standard InChI is InChI=1S/C15H22N6O/c1-11-13(8-19(3)17-11)9-20-6-4-14(10-20)21-7-5-15(18-21)16-12(2)22/h5,7-8,14H,4,6,9-10H2,1-3H3,(H,16,18,22)/t14-/m0/s1. The predicted molar refractivity (Wildman–Crippen MR) is 83.4 cm³/mol. The van der Waals surface area contributed by atoms with E-state index >= 15 is 0 Å². The molecule has 0 saturated carbocycles. The van der Waals surface area contributed by atoms with Gasteiger partial charge in [0.1, 0.15) is 0 Å². The molecule has 1 atom stereocenters. The lowest BCUT2D eigenvalue weighted by Gasteiger charge is -2.15. The summed E-state index contributed by atoms with van der Waals surface area (Å²) in [5, 5.41) is 11.5. The van der Waals surface area contributed by atoms with Crippen LogP contribution >= 0.6 is 0 Å². The number of rotatable bonds is 4. The molecule has 118 valence electrons. The second-order valence-electron chi connectivity index (χ2n) is 5.95. The average molecular weight is 302 g/mol. The van der Waals surface area contributed by atoms with Gasteiger partial charge >= 0.3 is 0 Å². The summed E-state index contributed by atoms with van der Waals surface area (Å²) in [6.45, 7) is 6.49. The summed E-state index contributed by atoms with van der Waals surface area (Å²) >= 11 is 0. The first-order chi connectivity index (χ1) is 10.5. The molecule has 1 fully saturated rings. The molecule has 7 nitrogen and oxygen atoms in total. The number of hydrogen-bond acceptors (Lipinski definition) is 4. The monoisotopic (exact) mass is 302 g/mol. The van der Waals surface area contributed by atoms with Gasteiger partial charge in [-0.15, -0.1) is 0 Å². The van der Waals surface area contributed by atoms with Gasteiger partial charge in [0.15, 0.2) is 5.82 Å². The van der Waals surface area contributed by atoms with Gasteiger partial charge in [0.05, 0.1) is 11.7 Å². The first kappa shape index (κ1) is 14.8. The Morgan fingerprint density at radius 2 is 2.27 bits per heavy atom. The maximum absolute atomic E-state index is 11.1. The van der Waals surface area contributed by atoms with Gasteiger partial charge in [-0.3, -0.25) is 19.1 Å². The van der Waals surface area contributed by atoms with Crippen molar-refractivity contribution in [3.05, 3.63) is 29.7 Å². The third kappa shape index (κ3) is 3.19. The molecule has 0 aliphatic carbocycles. The zero-order valence-corrected chi connectivity index (χ0v) is 13.3. The van der Waals surface area contributed by atoms with Crippen molar-refractivity contribution in [3.8, 4) is 0 Å². The number of anilines is 1. The van der Waals surface area contributed by atoms with Crippen molar-refractivity contribution in [3.63, 3.8) is 0 Å². The van der Waals surface area contributed by atoms with E-state index in [2.05, 4.69) is 33.5 Å². The van der Waals surface area contributed by atoms with Gasteiger partial charge in [-0.05, 0) is 13.3 Å². The fourth-order valence-corrected chi connectivity index (χ4v) is 3.00. The number of carbonyl (C=O) groups excluding carboxylic acids is 1.